The van der Waals surface area contributed by atoms with Crippen LogP contribution < -0.4 is 15.3 Å². The fraction of sp³-hybridized carbons (Fsp3) is 0.350. The smallest absolute Gasteiger partial charge is 0.274 e. The SMILES string of the molecule is CCCN1c2ccc(C(=O)NO)cc2N(C)C1CCc1ccccc1. The van der Waals surface area contributed by atoms with Crippen LogP contribution in [0, 0.1) is 0 Å². The molecule has 0 bridgehead atoms. The standard InChI is InChI=1S/C20H25N3O2/c1-3-13-23-17-11-10-16(20(24)21-25)14-18(17)22(2)19(23)12-9-15-7-5-4-6-8-15/h4-8,10-11,14,19,25H,3,9,12-13H2,1-2H3,(H,21,24). The summed E-state index contributed by atoms with van der Waals surface area (Å²) in [6, 6.07) is 16.1. The largest absolute Gasteiger partial charge is 0.353 e. The van der Waals surface area contributed by atoms with Crippen LogP contribution in [0.4, 0.5) is 11.4 Å². The topological polar surface area (TPSA) is 55.8 Å². The molecule has 25 heavy (non-hydrogen) atoms. The highest BCUT2D eigenvalue weighted by Crippen LogP contribution is 2.40. The lowest BCUT2D eigenvalue weighted by molar-refractivity contribution is 0.0706. The first-order valence-corrected chi connectivity index (χ1v) is 8.77. The predicted octanol–water partition coefficient (Wildman–Crippen LogP) is 3.43. The second-order valence-corrected chi connectivity index (χ2v) is 6.45. The Morgan fingerprint density at radius 1 is 1.16 bits per heavy atom. The van der Waals surface area contributed by atoms with Gasteiger partial charge in [-0.05, 0) is 43.0 Å². The zero-order valence-corrected chi connectivity index (χ0v) is 14.8. The van der Waals surface area contributed by atoms with Crippen LogP contribution in [0.5, 0.6) is 0 Å². The van der Waals surface area contributed by atoms with E-state index in [4.69, 9.17) is 5.21 Å². The van der Waals surface area contributed by atoms with Crippen LogP contribution >= 0.6 is 0 Å². The van der Waals surface area contributed by atoms with Crippen LogP contribution in [0.1, 0.15) is 35.7 Å². The Morgan fingerprint density at radius 3 is 2.60 bits per heavy atom. The molecular weight excluding hydrogens is 314 g/mol. The monoisotopic (exact) mass is 339 g/mol. The van der Waals surface area contributed by atoms with Gasteiger partial charge in [0.2, 0.25) is 0 Å². The molecule has 0 saturated carbocycles. The molecule has 3 rings (SSSR count). The van der Waals surface area contributed by atoms with Gasteiger partial charge in [0, 0.05) is 19.2 Å². The van der Waals surface area contributed by atoms with Crippen LogP contribution in [0.15, 0.2) is 48.5 Å². The van der Waals surface area contributed by atoms with Crippen LogP contribution in [-0.2, 0) is 6.42 Å². The number of hydrogen-bond acceptors (Lipinski definition) is 4. The summed E-state index contributed by atoms with van der Waals surface area (Å²) in [7, 11) is 2.07. The van der Waals surface area contributed by atoms with Gasteiger partial charge in [0.1, 0.15) is 6.17 Å². The van der Waals surface area contributed by atoms with E-state index in [0.717, 1.165) is 37.2 Å². The van der Waals surface area contributed by atoms with E-state index in [2.05, 4.69) is 48.0 Å². The van der Waals surface area contributed by atoms with Crippen molar-refractivity contribution in [2.24, 2.45) is 0 Å². The Morgan fingerprint density at radius 2 is 1.92 bits per heavy atom. The molecule has 1 atom stereocenters. The van der Waals surface area contributed by atoms with Gasteiger partial charge in [-0.2, -0.15) is 0 Å². The lowest BCUT2D eigenvalue weighted by Crippen LogP contribution is -2.42. The second kappa shape index (κ2) is 7.57. The number of benzene rings is 2. The zero-order chi connectivity index (χ0) is 17.8. The van der Waals surface area contributed by atoms with Crippen LogP contribution in [-0.4, -0.2) is 30.9 Å². The maximum absolute atomic E-state index is 11.7. The first-order valence-electron chi connectivity index (χ1n) is 8.77. The summed E-state index contributed by atoms with van der Waals surface area (Å²) in [6.07, 6.45) is 3.35. The normalized spacial score (nSPS) is 16.0. The van der Waals surface area contributed by atoms with Crippen molar-refractivity contribution < 1.29 is 10.0 Å². The lowest BCUT2D eigenvalue weighted by Gasteiger charge is -2.31. The fourth-order valence-corrected chi connectivity index (χ4v) is 3.59. The van der Waals surface area contributed by atoms with Crippen LogP contribution in [0.3, 0.4) is 0 Å². The number of nitrogens with one attached hydrogen (secondary N) is 1. The highest BCUT2D eigenvalue weighted by Gasteiger charge is 2.33. The number of hydroxylamine groups is 1. The molecule has 0 fully saturated rings. The van der Waals surface area contributed by atoms with E-state index in [-0.39, 0.29) is 6.17 Å². The quantitative estimate of drug-likeness (QED) is 0.625. The Labute approximate surface area is 148 Å². The molecule has 132 valence electrons. The Hall–Kier alpha value is -2.53. The molecule has 1 unspecified atom stereocenters. The first-order chi connectivity index (χ1) is 12.2. The summed E-state index contributed by atoms with van der Waals surface area (Å²) < 4.78 is 0. The molecule has 0 aromatic heterocycles. The van der Waals surface area contributed by atoms with Crippen LogP contribution in [0.25, 0.3) is 0 Å². The number of fused-ring (bicyclic) bond motifs is 1. The van der Waals surface area contributed by atoms with Crippen molar-refractivity contribution in [3.8, 4) is 0 Å². The highest BCUT2D eigenvalue weighted by atomic mass is 16.5. The van der Waals surface area contributed by atoms with Crippen molar-refractivity contribution >= 4 is 17.3 Å². The minimum absolute atomic E-state index is 0.266. The third-order valence-corrected chi connectivity index (χ3v) is 4.83. The third-order valence-electron chi connectivity index (χ3n) is 4.83. The van der Waals surface area contributed by atoms with Gasteiger partial charge in [-0.15, -0.1) is 0 Å². The Kier molecular flexibility index (Phi) is 5.24. The van der Waals surface area contributed by atoms with Crippen molar-refractivity contribution in [2.45, 2.75) is 32.4 Å². The first kappa shape index (κ1) is 17.3. The van der Waals surface area contributed by atoms with Gasteiger partial charge in [0.05, 0.1) is 11.4 Å². The van der Waals surface area contributed by atoms with E-state index in [1.807, 2.05) is 18.2 Å². The molecule has 5 nitrogen and oxygen atoms in total. The molecule has 2 aromatic carbocycles. The fourth-order valence-electron chi connectivity index (χ4n) is 3.59. The molecule has 5 heteroatoms. The van der Waals surface area contributed by atoms with Crippen LogP contribution in [0.2, 0.25) is 0 Å². The molecule has 1 aliphatic heterocycles. The average Bonchev–Trinajstić information content (AvgIpc) is 2.92. The minimum Gasteiger partial charge on any atom is -0.353 e. The molecule has 2 N–H and O–H groups in total. The van der Waals surface area contributed by atoms with Gasteiger partial charge in [-0.25, -0.2) is 5.48 Å². The lowest BCUT2D eigenvalue weighted by atomic mass is 10.1. The maximum atomic E-state index is 11.7. The van der Waals surface area contributed by atoms with Gasteiger partial charge in [-0.3, -0.25) is 10.0 Å². The average molecular weight is 339 g/mol. The van der Waals surface area contributed by atoms with Crippen molar-refractivity contribution in [1.82, 2.24) is 5.48 Å². The van der Waals surface area contributed by atoms with Gasteiger partial charge in [0.15, 0.2) is 0 Å². The summed E-state index contributed by atoms with van der Waals surface area (Å²) in [5.74, 6) is -0.481. The minimum atomic E-state index is -0.481. The summed E-state index contributed by atoms with van der Waals surface area (Å²) in [4.78, 5) is 16.4. The number of anilines is 2. The van der Waals surface area contributed by atoms with Gasteiger partial charge >= 0.3 is 0 Å². The van der Waals surface area contributed by atoms with Gasteiger partial charge < -0.3 is 9.80 Å². The maximum Gasteiger partial charge on any atom is 0.274 e. The van der Waals surface area contributed by atoms with Crippen molar-refractivity contribution in [3.63, 3.8) is 0 Å². The number of hydrogen-bond donors (Lipinski definition) is 2. The number of nitrogens with zero attached hydrogens (tertiary/aromatic N) is 2. The number of carbonyl (C=O) groups excluding carboxylic acids is 1. The summed E-state index contributed by atoms with van der Waals surface area (Å²) in [6.45, 7) is 3.15. The molecule has 0 radical (unpaired) electrons. The molecule has 0 spiro atoms. The van der Waals surface area contributed by atoms with E-state index < -0.39 is 5.91 Å². The Bertz CT molecular complexity index is 733. The van der Waals surface area contributed by atoms with Gasteiger partial charge in [0.25, 0.3) is 5.91 Å². The zero-order valence-electron chi connectivity index (χ0n) is 14.8. The molecule has 1 heterocycles. The molecule has 1 amide bonds. The van der Waals surface area contributed by atoms with Crippen molar-refractivity contribution in [2.75, 3.05) is 23.4 Å². The van der Waals surface area contributed by atoms with E-state index in [1.54, 1.807) is 11.5 Å². The number of carbonyl (C=O) groups is 1. The third kappa shape index (κ3) is 3.46. The van der Waals surface area contributed by atoms with Crippen molar-refractivity contribution in [3.05, 3.63) is 59.7 Å². The van der Waals surface area contributed by atoms with Crippen molar-refractivity contribution in [1.29, 1.82) is 0 Å². The predicted molar refractivity (Wildman–Crippen MR) is 100 cm³/mol. The Balaban J connectivity index is 1.84. The summed E-state index contributed by atoms with van der Waals surface area (Å²) in [5, 5.41) is 8.88. The van der Waals surface area contributed by atoms with E-state index in [1.165, 1.54) is 5.56 Å². The number of aryl methyl sites for hydroxylation is 1. The number of amides is 1. The van der Waals surface area contributed by atoms with E-state index >= 15 is 0 Å². The highest BCUT2D eigenvalue weighted by molar-refractivity contribution is 5.96. The molecular formula is C20H25N3O2. The number of rotatable bonds is 6. The molecule has 0 saturated heterocycles. The van der Waals surface area contributed by atoms with E-state index in [0.29, 0.717) is 5.56 Å². The molecule has 0 aliphatic carbocycles. The summed E-state index contributed by atoms with van der Waals surface area (Å²) in [5.41, 5.74) is 5.70. The van der Waals surface area contributed by atoms with Gasteiger partial charge in [-0.1, -0.05) is 37.3 Å². The summed E-state index contributed by atoms with van der Waals surface area (Å²) >= 11 is 0. The molecule has 2 aromatic rings. The second-order valence-electron chi connectivity index (χ2n) is 6.45. The van der Waals surface area contributed by atoms with E-state index in [9.17, 15) is 4.79 Å². The molecule has 1 aliphatic rings.